The molecule has 5 heteroatoms. The molecule has 1 rings (SSSR count). The third-order valence-electron chi connectivity index (χ3n) is 1.09. The first-order valence-corrected chi connectivity index (χ1v) is 4.33. The Bertz CT molecular complexity index is 256. The minimum Gasteiger partial charge on any atom is -0.321 e. The summed E-state index contributed by atoms with van der Waals surface area (Å²) in [5, 5.41) is 0.0648. The molecule has 0 fully saturated rings. The highest BCUT2D eigenvalue weighted by Gasteiger charge is 2.14. The Morgan fingerprint density at radius 1 is 1.09 bits per heavy atom. The molecular formula is C6H7MgO3P. The van der Waals surface area contributed by atoms with Gasteiger partial charge in [0.15, 0.2) is 0 Å². The monoisotopic (exact) mass is 182 g/mol. The zero-order valence-corrected chi connectivity index (χ0v) is 8.15. The van der Waals surface area contributed by atoms with E-state index in [4.69, 9.17) is 9.79 Å². The van der Waals surface area contributed by atoms with Gasteiger partial charge in [0.1, 0.15) is 0 Å². The molecule has 11 heavy (non-hydrogen) atoms. The summed E-state index contributed by atoms with van der Waals surface area (Å²) in [5.74, 6) is 0. The summed E-state index contributed by atoms with van der Waals surface area (Å²) < 4.78 is 10.5. The van der Waals surface area contributed by atoms with Crippen molar-refractivity contribution in [2.45, 2.75) is 0 Å². The lowest BCUT2D eigenvalue weighted by atomic mass is 10.4. The van der Waals surface area contributed by atoms with Gasteiger partial charge in [-0.25, -0.2) is 0 Å². The number of hydrogen-bond donors (Lipinski definition) is 2. The van der Waals surface area contributed by atoms with Crippen LogP contribution in [0.1, 0.15) is 0 Å². The summed E-state index contributed by atoms with van der Waals surface area (Å²) in [5.41, 5.74) is 0. The highest BCUT2D eigenvalue weighted by Crippen LogP contribution is 2.32. The van der Waals surface area contributed by atoms with E-state index in [0.717, 1.165) is 0 Å². The fourth-order valence-corrected chi connectivity index (χ4v) is 1.18. The Morgan fingerprint density at radius 3 is 1.82 bits per heavy atom. The van der Waals surface area contributed by atoms with E-state index in [9.17, 15) is 4.57 Å². The molecule has 0 bridgehead atoms. The van der Waals surface area contributed by atoms with Gasteiger partial charge in [0.25, 0.3) is 0 Å². The average Bonchev–Trinajstić information content (AvgIpc) is 1.88. The maximum Gasteiger partial charge on any atom is 0.356 e. The average molecular weight is 182 g/mol. The summed E-state index contributed by atoms with van der Waals surface area (Å²) in [4.78, 5) is 17.2. The zero-order valence-electron chi connectivity index (χ0n) is 5.84. The van der Waals surface area contributed by atoms with Gasteiger partial charge in [-0.05, 0) is 12.1 Å². The molecule has 0 saturated heterocycles. The second-order valence-electron chi connectivity index (χ2n) is 1.88. The van der Waals surface area contributed by atoms with Crippen molar-refractivity contribution in [1.29, 1.82) is 0 Å². The van der Waals surface area contributed by atoms with E-state index >= 15 is 0 Å². The van der Waals surface area contributed by atoms with Crippen molar-refractivity contribution in [3.8, 4) is 0 Å². The molecular weight excluding hydrogens is 175 g/mol. The van der Waals surface area contributed by atoms with Gasteiger partial charge >= 0.3 is 7.60 Å². The summed E-state index contributed by atoms with van der Waals surface area (Å²) in [6, 6.07) is 7.70. The molecule has 1 aromatic carbocycles. The van der Waals surface area contributed by atoms with Crippen LogP contribution in [0.3, 0.4) is 0 Å². The third kappa shape index (κ3) is 3.36. The van der Waals surface area contributed by atoms with E-state index in [-0.39, 0.29) is 28.4 Å². The molecule has 0 aliphatic rings. The van der Waals surface area contributed by atoms with Gasteiger partial charge in [-0.15, -0.1) is 0 Å². The van der Waals surface area contributed by atoms with Gasteiger partial charge in [-0.1, -0.05) is 18.2 Å². The standard InChI is InChI=1S/C6H7O3P.Mg/c7-10(8,9)6-4-2-1-3-5-6;/h1-5H,(H2,7,8,9);. The lowest BCUT2D eigenvalue weighted by molar-refractivity contribution is 0.387. The molecule has 0 aliphatic heterocycles. The van der Waals surface area contributed by atoms with Gasteiger partial charge < -0.3 is 9.79 Å². The lowest BCUT2D eigenvalue weighted by Crippen LogP contribution is -2.01. The topological polar surface area (TPSA) is 57.5 Å². The molecule has 0 atom stereocenters. The minimum atomic E-state index is -4.02. The molecule has 0 unspecified atom stereocenters. The van der Waals surface area contributed by atoms with Crippen LogP contribution >= 0.6 is 7.60 Å². The molecule has 0 spiro atoms. The van der Waals surface area contributed by atoms with Gasteiger partial charge in [-0.2, -0.15) is 0 Å². The Hall–Kier alpha value is 0.136. The summed E-state index contributed by atoms with van der Waals surface area (Å²) in [7, 11) is -4.02. The van der Waals surface area contributed by atoms with Gasteiger partial charge in [0.2, 0.25) is 0 Å². The van der Waals surface area contributed by atoms with Crippen LogP contribution in [0.5, 0.6) is 0 Å². The van der Waals surface area contributed by atoms with E-state index in [2.05, 4.69) is 0 Å². The van der Waals surface area contributed by atoms with Crippen LogP contribution in [0.4, 0.5) is 0 Å². The Balaban J connectivity index is 0.000001000. The Labute approximate surface area is 80.8 Å². The van der Waals surface area contributed by atoms with Crippen molar-refractivity contribution in [1.82, 2.24) is 0 Å². The quantitative estimate of drug-likeness (QED) is 0.479. The Kier molecular flexibility index (Phi) is 4.29. The predicted octanol–water partition coefficient (Wildman–Crippen LogP) is 0.109. The van der Waals surface area contributed by atoms with Crippen molar-refractivity contribution >= 4 is 36.0 Å². The van der Waals surface area contributed by atoms with Crippen LogP contribution in [0.2, 0.25) is 0 Å². The largest absolute Gasteiger partial charge is 0.356 e. The molecule has 0 saturated carbocycles. The van der Waals surface area contributed by atoms with Crippen molar-refractivity contribution in [2.24, 2.45) is 0 Å². The third-order valence-corrected chi connectivity index (χ3v) is 2.06. The molecule has 2 N–H and O–H groups in total. The summed E-state index contributed by atoms with van der Waals surface area (Å²) in [6.07, 6.45) is 0. The zero-order chi connectivity index (χ0) is 7.61. The van der Waals surface area contributed by atoms with Crippen LogP contribution in [0.25, 0.3) is 0 Å². The lowest BCUT2D eigenvalue weighted by Gasteiger charge is -2.00. The second kappa shape index (κ2) is 4.23. The van der Waals surface area contributed by atoms with E-state index in [1.54, 1.807) is 18.2 Å². The first kappa shape index (κ1) is 11.1. The first-order chi connectivity index (χ1) is 4.61. The molecule has 0 amide bonds. The smallest absolute Gasteiger partial charge is 0.321 e. The highest BCUT2D eigenvalue weighted by atomic mass is 31.2. The van der Waals surface area contributed by atoms with Crippen molar-refractivity contribution in [2.75, 3.05) is 0 Å². The van der Waals surface area contributed by atoms with Crippen LogP contribution in [-0.4, -0.2) is 32.8 Å². The molecule has 3 nitrogen and oxygen atoms in total. The van der Waals surface area contributed by atoms with Crippen LogP contribution < -0.4 is 5.30 Å². The summed E-state index contributed by atoms with van der Waals surface area (Å²) in [6.45, 7) is 0. The number of hydrogen-bond acceptors (Lipinski definition) is 1. The molecule has 0 aliphatic carbocycles. The maximum absolute atomic E-state index is 10.5. The molecule has 0 aromatic heterocycles. The molecule has 56 valence electrons. The second-order valence-corrected chi connectivity index (χ2v) is 3.48. The SMILES string of the molecule is O=P(O)(O)c1ccccc1.[Mg]. The number of rotatable bonds is 1. The van der Waals surface area contributed by atoms with Gasteiger partial charge in [0.05, 0.1) is 5.30 Å². The Morgan fingerprint density at radius 2 is 1.55 bits per heavy atom. The van der Waals surface area contributed by atoms with Crippen molar-refractivity contribution in [3.63, 3.8) is 0 Å². The van der Waals surface area contributed by atoms with Crippen molar-refractivity contribution < 1.29 is 14.4 Å². The number of benzene rings is 1. The van der Waals surface area contributed by atoms with Crippen molar-refractivity contribution in [3.05, 3.63) is 30.3 Å². The van der Waals surface area contributed by atoms with E-state index in [1.807, 2.05) is 0 Å². The van der Waals surface area contributed by atoms with E-state index < -0.39 is 7.60 Å². The molecule has 2 radical (unpaired) electrons. The van der Waals surface area contributed by atoms with E-state index in [0.29, 0.717) is 0 Å². The van der Waals surface area contributed by atoms with Gasteiger partial charge in [0, 0.05) is 23.1 Å². The fourth-order valence-electron chi connectivity index (χ4n) is 0.622. The maximum atomic E-state index is 10.5. The summed E-state index contributed by atoms with van der Waals surface area (Å²) >= 11 is 0. The van der Waals surface area contributed by atoms with Crippen LogP contribution in [0.15, 0.2) is 30.3 Å². The van der Waals surface area contributed by atoms with Crippen LogP contribution in [0, 0.1) is 0 Å². The van der Waals surface area contributed by atoms with Gasteiger partial charge in [-0.3, -0.25) is 4.57 Å². The van der Waals surface area contributed by atoms with Crippen LogP contribution in [-0.2, 0) is 4.57 Å². The molecule has 1 aromatic rings. The first-order valence-electron chi connectivity index (χ1n) is 2.72. The highest BCUT2D eigenvalue weighted by molar-refractivity contribution is 7.60. The van der Waals surface area contributed by atoms with E-state index in [1.165, 1.54) is 12.1 Å². The normalized spacial score (nSPS) is 10.4. The fraction of sp³-hybridized carbons (Fsp3) is 0. The molecule has 0 heterocycles. The predicted molar refractivity (Wildman–Crippen MR) is 43.9 cm³/mol. The minimum absolute atomic E-state index is 0.